The largest absolute Gasteiger partial charge is 0.432 e. The van der Waals surface area contributed by atoms with Gasteiger partial charge in [0.05, 0.1) is 0 Å². The molecule has 1 aromatic heterocycles. The zero-order chi connectivity index (χ0) is 10.7. The third kappa shape index (κ3) is 2.18. The lowest BCUT2D eigenvalue weighted by Crippen LogP contribution is -1.85. The molecule has 2 aromatic rings. The van der Waals surface area contributed by atoms with Crippen LogP contribution in [0.4, 0.5) is 6.01 Å². The van der Waals surface area contributed by atoms with Crippen LogP contribution in [-0.4, -0.2) is 4.98 Å². The van der Waals surface area contributed by atoms with E-state index < -0.39 is 0 Å². The molecule has 15 heavy (non-hydrogen) atoms. The van der Waals surface area contributed by atoms with Crippen LogP contribution in [0.3, 0.4) is 0 Å². The molecule has 0 fully saturated rings. The number of nitrogens with zero attached hydrogens (tertiary/aromatic N) is 1. The number of nitrogen functional groups attached to an aromatic ring is 1. The molecule has 0 bridgehead atoms. The summed E-state index contributed by atoms with van der Waals surface area (Å²) in [6, 6.07) is 8.53. The van der Waals surface area contributed by atoms with E-state index in [1.54, 1.807) is 6.26 Å². The fourth-order valence-electron chi connectivity index (χ4n) is 1.55. The first-order valence-electron chi connectivity index (χ1n) is 5.10. The van der Waals surface area contributed by atoms with Gasteiger partial charge in [0.2, 0.25) is 0 Å². The minimum absolute atomic E-state index is 0.211. The predicted octanol–water partition coefficient (Wildman–Crippen LogP) is 2.88. The van der Waals surface area contributed by atoms with Crippen molar-refractivity contribution in [1.29, 1.82) is 0 Å². The van der Waals surface area contributed by atoms with Crippen molar-refractivity contribution in [2.45, 2.75) is 19.8 Å². The predicted molar refractivity (Wildman–Crippen MR) is 60.3 cm³/mol. The summed E-state index contributed by atoms with van der Waals surface area (Å²) in [6.45, 7) is 2.17. The minimum atomic E-state index is 0.211. The molecule has 0 aliphatic carbocycles. The summed E-state index contributed by atoms with van der Waals surface area (Å²) in [5.41, 5.74) is 8.59. The Kier molecular flexibility index (Phi) is 2.72. The molecular formula is C12H14N2O. The Bertz CT molecular complexity index is 431. The van der Waals surface area contributed by atoms with E-state index in [9.17, 15) is 0 Å². The minimum Gasteiger partial charge on any atom is -0.432 e. The van der Waals surface area contributed by atoms with E-state index in [-0.39, 0.29) is 6.01 Å². The average molecular weight is 202 g/mol. The first kappa shape index (κ1) is 9.77. The van der Waals surface area contributed by atoms with Gasteiger partial charge in [-0.2, -0.15) is 4.98 Å². The number of hydrogen-bond acceptors (Lipinski definition) is 3. The molecule has 78 valence electrons. The summed E-state index contributed by atoms with van der Waals surface area (Å²) in [7, 11) is 0. The quantitative estimate of drug-likeness (QED) is 0.832. The van der Waals surface area contributed by atoms with Gasteiger partial charge >= 0.3 is 0 Å². The van der Waals surface area contributed by atoms with Gasteiger partial charge in [-0.1, -0.05) is 37.6 Å². The lowest BCUT2D eigenvalue weighted by Gasteiger charge is -1.99. The van der Waals surface area contributed by atoms with Crippen LogP contribution >= 0.6 is 0 Å². The van der Waals surface area contributed by atoms with Gasteiger partial charge in [0.15, 0.2) is 0 Å². The molecule has 0 unspecified atom stereocenters. The van der Waals surface area contributed by atoms with E-state index in [0.29, 0.717) is 0 Å². The van der Waals surface area contributed by atoms with Crippen molar-refractivity contribution in [3.63, 3.8) is 0 Å². The Morgan fingerprint density at radius 1 is 1.27 bits per heavy atom. The van der Waals surface area contributed by atoms with Crippen molar-refractivity contribution in [1.82, 2.24) is 4.98 Å². The van der Waals surface area contributed by atoms with Crippen LogP contribution < -0.4 is 5.73 Å². The maximum absolute atomic E-state index is 5.42. The van der Waals surface area contributed by atoms with Crippen molar-refractivity contribution < 1.29 is 4.42 Å². The summed E-state index contributed by atoms with van der Waals surface area (Å²) in [4.78, 5) is 4.07. The Hall–Kier alpha value is -1.77. The smallest absolute Gasteiger partial charge is 0.292 e. The number of aromatic nitrogens is 1. The lowest BCUT2D eigenvalue weighted by atomic mass is 10.1. The highest BCUT2D eigenvalue weighted by Crippen LogP contribution is 2.20. The van der Waals surface area contributed by atoms with Gasteiger partial charge in [0, 0.05) is 5.56 Å². The van der Waals surface area contributed by atoms with Crippen LogP contribution in [0.25, 0.3) is 11.3 Å². The molecule has 1 aromatic carbocycles. The van der Waals surface area contributed by atoms with E-state index in [4.69, 9.17) is 10.2 Å². The number of nitrogens with two attached hydrogens (primary N) is 1. The van der Waals surface area contributed by atoms with Crippen molar-refractivity contribution in [3.8, 4) is 11.3 Å². The molecule has 2 N–H and O–H groups in total. The molecule has 0 aliphatic heterocycles. The van der Waals surface area contributed by atoms with Gasteiger partial charge in [-0.3, -0.25) is 0 Å². The number of benzene rings is 1. The summed E-state index contributed by atoms with van der Waals surface area (Å²) in [6.07, 6.45) is 3.85. The first-order valence-corrected chi connectivity index (χ1v) is 5.10. The highest BCUT2D eigenvalue weighted by Gasteiger charge is 2.03. The van der Waals surface area contributed by atoms with Crippen molar-refractivity contribution in [2.75, 3.05) is 5.73 Å². The number of rotatable bonds is 3. The number of oxazole rings is 1. The Morgan fingerprint density at radius 2 is 2.00 bits per heavy atom. The average Bonchev–Trinajstić information content (AvgIpc) is 2.67. The third-order valence-corrected chi connectivity index (χ3v) is 2.31. The van der Waals surface area contributed by atoms with E-state index in [1.165, 1.54) is 5.56 Å². The molecule has 0 saturated heterocycles. The second-order valence-electron chi connectivity index (χ2n) is 3.52. The van der Waals surface area contributed by atoms with Crippen molar-refractivity contribution in [3.05, 3.63) is 36.1 Å². The van der Waals surface area contributed by atoms with Gasteiger partial charge < -0.3 is 10.2 Å². The molecule has 0 atom stereocenters. The fraction of sp³-hybridized carbons (Fsp3) is 0.250. The molecular weight excluding hydrogens is 188 g/mol. The normalized spacial score (nSPS) is 10.5. The highest BCUT2D eigenvalue weighted by molar-refractivity contribution is 5.59. The molecule has 0 aliphatic rings. The zero-order valence-electron chi connectivity index (χ0n) is 8.73. The molecule has 3 nitrogen and oxygen atoms in total. The topological polar surface area (TPSA) is 52.0 Å². The van der Waals surface area contributed by atoms with E-state index in [1.807, 2.05) is 12.1 Å². The maximum atomic E-state index is 5.42. The Labute approximate surface area is 88.9 Å². The van der Waals surface area contributed by atoms with Crippen LogP contribution in [-0.2, 0) is 6.42 Å². The molecule has 1 heterocycles. The number of aryl methyl sites for hydroxylation is 1. The van der Waals surface area contributed by atoms with E-state index >= 15 is 0 Å². The Balaban J connectivity index is 2.23. The molecule has 0 spiro atoms. The fourth-order valence-corrected chi connectivity index (χ4v) is 1.55. The SMILES string of the molecule is CCCc1ccc(-c2coc(N)n2)cc1. The summed E-state index contributed by atoms with van der Waals surface area (Å²) in [5.74, 6) is 0. The van der Waals surface area contributed by atoms with Crippen molar-refractivity contribution in [2.24, 2.45) is 0 Å². The first-order chi connectivity index (χ1) is 7.29. The van der Waals surface area contributed by atoms with Gasteiger partial charge in [0.25, 0.3) is 6.01 Å². The zero-order valence-corrected chi connectivity index (χ0v) is 8.73. The molecule has 0 saturated carbocycles. The summed E-state index contributed by atoms with van der Waals surface area (Å²) >= 11 is 0. The van der Waals surface area contributed by atoms with Crippen LogP contribution in [0.15, 0.2) is 34.9 Å². The monoisotopic (exact) mass is 202 g/mol. The summed E-state index contributed by atoms with van der Waals surface area (Å²) < 4.78 is 4.96. The van der Waals surface area contributed by atoms with Gasteiger partial charge in [-0.05, 0) is 12.0 Å². The number of anilines is 1. The Morgan fingerprint density at radius 3 is 2.53 bits per heavy atom. The van der Waals surface area contributed by atoms with Gasteiger partial charge in [0.1, 0.15) is 12.0 Å². The molecule has 0 amide bonds. The van der Waals surface area contributed by atoms with Crippen LogP contribution in [0.2, 0.25) is 0 Å². The second kappa shape index (κ2) is 4.17. The van der Waals surface area contributed by atoms with E-state index in [0.717, 1.165) is 24.1 Å². The standard InChI is InChI=1S/C12H14N2O/c1-2-3-9-4-6-10(7-5-9)11-8-15-12(13)14-11/h4-8H,2-3H2,1H3,(H2,13,14). The van der Waals surface area contributed by atoms with Gasteiger partial charge in [-0.25, -0.2) is 0 Å². The van der Waals surface area contributed by atoms with Crippen molar-refractivity contribution >= 4 is 6.01 Å². The molecule has 2 rings (SSSR count). The van der Waals surface area contributed by atoms with Crippen LogP contribution in [0.1, 0.15) is 18.9 Å². The summed E-state index contributed by atoms with van der Waals surface area (Å²) in [5, 5.41) is 0. The molecule has 0 radical (unpaired) electrons. The maximum Gasteiger partial charge on any atom is 0.292 e. The highest BCUT2D eigenvalue weighted by atomic mass is 16.4. The van der Waals surface area contributed by atoms with E-state index in [2.05, 4.69) is 24.0 Å². The van der Waals surface area contributed by atoms with Crippen LogP contribution in [0, 0.1) is 0 Å². The number of hydrogen-bond donors (Lipinski definition) is 1. The third-order valence-electron chi connectivity index (χ3n) is 2.31. The molecule has 3 heteroatoms. The van der Waals surface area contributed by atoms with Gasteiger partial charge in [-0.15, -0.1) is 0 Å². The lowest BCUT2D eigenvalue weighted by molar-refractivity contribution is 0.581. The second-order valence-corrected chi connectivity index (χ2v) is 3.52. The van der Waals surface area contributed by atoms with Crippen LogP contribution in [0.5, 0.6) is 0 Å².